The highest BCUT2D eigenvalue weighted by atomic mass is 79.9. The van der Waals surface area contributed by atoms with Gasteiger partial charge in [-0.1, -0.05) is 13.8 Å². The van der Waals surface area contributed by atoms with Gasteiger partial charge in [0.15, 0.2) is 0 Å². The molecule has 0 unspecified atom stereocenters. The van der Waals surface area contributed by atoms with E-state index in [1.165, 1.54) is 12.1 Å². The topological polar surface area (TPSA) is 72.2 Å². The van der Waals surface area contributed by atoms with E-state index in [-0.39, 0.29) is 17.5 Å². The third-order valence-electron chi connectivity index (χ3n) is 2.78. The highest BCUT2D eigenvalue weighted by Crippen LogP contribution is 2.27. The fourth-order valence-corrected chi connectivity index (χ4v) is 1.96. The number of non-ortho nitro benzene ring substituents is 1. The number of rotatable bonds is 5. The van der Waals surface area contributed by atoms with Crippen molar-refractivity contribution < 1.29 is 9.72 Å². The van der Waals surface area contributed by atoms with Crippen molar-refractivity contribution in [2.24, 2.45) is 5.92 Å². The summed E-state index contributed by atoms with van der Waals surface area (Å²) in [7, 11) is 0. The Labute approximate surface area is 114 Å². The molecule has 0 heterocycles. The van der Waals surface area contributed by atoms with Gasteiger partial charge in [-0.05, 0) is 34.8 Å². The monoisotopic (exact) mass is 314 g/mol. The number of benzene rings is 1. The molecule has 98 valence electrons. The summed E-state index contributed by atoms with van der Waals surface area (Å²) in [6, 6.07) is 4.29. The molecule has 0 saturated heterocycles. The van der Waals surface area contributed by atoms with Crippen molar-refractivity contribution in [2.45, 2.75) is 26.7 Å². The molecule has 0 aliphatic carbocycles. The second-order valence-electron chi connectivity index (χ2n) is 3.92. The number of nitrogens with zero attached hydrogens (tertiary/aromatic N) is 1. The molecule has 0 bridgehead atoms. The zero-order chi connectivity index (χ0) is 13.7. The molecule has 18 heavy (non-hydrogen) atoms. The number of carbonyl (C=O) groups is 1. The highest BCUT2D eigenvalue weighted by Gasteiger charge is 2.17. The van der Waals surface area contributed by atoms with Crippen molar-refractivity contribution in [1.29, 1.82) is 0 Å². The molecule has 0 saturated carbocycles. The largest absolute Gasteiger partial charge is 0.325 e. The number of nitrogens with one attached hydrogen (secondary N) is 1. The molecule has 1 rings (SSSR count). The van der Waals surface area contributed by atoms with Gasteiger partial charge in [0.05, 0.1) is 10.6 Å². The first-order valence-electron chi connectivity index (χ1n) is 5.74. The Balaban J connectivity index is 2.93. The van der Waals surface area contributed by atoms with Crippen molar-refractivity contribution in [2.75, 3.05) is 5.32 Å². The molecular weight excluding hydrogens is 300 g/mol. The van der Waals surface area contributed by atoms with E-state index in [2.05, 4.69) is 21.2 Å². The lowest BCUT2D eigenvalue weighted by Gasteiger charge is -2.13. The maximum absolute atomic E-state index is 11.9. The first kappa shape index (κ1) is 14.6. The number of halogens is 1. The summed E-state index contributed by atoms with van der Waals surface area (Å²) in [6.45, 7) is 3.88. The van der Waals surface area contributed by atoms with E-state index >= 15 is 0 Å². The van der Waals surface area contributed by atoms with Crippen molar-refractivity contribution in [3.8, 4) is 0 Å². The zero-order valence-corrected chi connectivity index (χ0v) is 11.9. The predicted molar refractivity (Wildman–Crippen MR) is 73.5 cm³/mol. The van der Waals surface area contributed by atoms with E-state index in [1.807, 2.05) is 13.8 Å². The first-order chi connectivity index (χ1) is 8.49. The molecule has 1 aromatic rings. The number of amides is 1. The van der Waals surface area contributed by atoms with Crippen LogP contribution in [-0.4, -0.2) is 10.8 Å². The van der Waals surface area contributed by atoms with Crippen LogP contribution in [-0.2, 0) is 4.79 Å². The van der Waals surface area contributed by atoms with Crippen LogP contribution in [0.3, 0.4) is 0 Å². The van der Waals surface area contributed by atoms with Gasteiger partial charge in [-0.3, -0.25) is 14.9 Å². The lowest BCUT2D eigenvalue weighted by atomic mass is 10.0. The molecule has 1 amide bonds. The van der Waals surface area contributed by atoms with Crippen molar-refractivity contribution in [3.05, 3.63) is 32.8 Å². The average molecular weight is 315 g/mol. The van der Waals surface area contributed by atoms with Crippen LogP contribution in [0.4, 0.5) is 11.4 Å². The normalized spacial score (nSPS) is 10.4. The van der Waals surface area contributed by atoms with Crippen LogP contribution in [0, 0.1) is 16.0 Å². The smallest absolute Gasteiger partial charge is 0.271 e. The van der Waals surface area contributed by atoms with Crippen LogP contribution < -0.4 is 5.32 Å². The molecule has 1 aromatic carbocycles. The van der Waals surface area contributed by atoms with Gasteiger partial charge in [0.1, 0.15) is 0 Å². The van der Waals surface area contributed by atoms with Gasteiger partial charge in [-0.15, -0.1) is 0 Å². The van der Waals surface area contributed by atoms with Crippen LogP contribution in [0.2, 0.25) is 0 Å². The number of hydrogen-bond acceptors (Lipinski definition) is 3. The Bertz CT molecular complexity index is 459. The van der Waals surface area contributed by atoms with E-state index < -0.39 is 4.92 Å². The van der Waals surface area contributed by atoms with Gasteiger partial charge in [-0.2, -0.15) is 0 Å². The minimum Gasteiger partial charge on any atom is -0.325 e. The summed E-state index contributed by atoms with van der Waals surface area (Å²) in [5, 5.41) is 13.4. The summed E-state index contributed by atoms with van der Waals surface area (Å²) in [5.41, 5.74) is 0.388. The van der Waals surface area contributed by atoms with E-state index in [1.54, 1.807) is 6.07 Å². The molecule has 0 aliphatic heterocycles. The summed E-state index contributed by atoms with van der Waals surface area (Å²) < 4.78 is 0.632. The Hall–Kier alpha value is -1.43. The first-order valence-corrected chi connectivity index (χ1v) is 6.53. The fraction of sp³-hybridized carbons (Fsp3) is 0.417. The summed E-state index contributed by atoms with van der Waals surface area (Å²) in [5.74, 6) is -0.183. The van der Waals surface area contributed by atoms with Gasteiger partial charge in [0.2, 0.25) is 5.91 Å². The number of carbonyl (C=O) groups excluding carboxylic acids is 1. The molecule has 6 heteroatoms. The molecule has 0 atom stereocenters. The lowest BCUT2D eigenvalue weighted by Crippen LogP contribution is -2.21. The molecular formula is C12H15BrN2O3. The SMILES string of the molecule is CCC(CC)C(=O)Nc1cc([N+](=O)[O-])ccc1Br. The van der Waals surface area contributed by atoms with Crippen LogP contribution in [0.25, 0.3) is 0 Å². The summed E-state index contributed by atoms with van der Waals surface area (Å²) in [4.78, 5) is 22.1. The Morgan fingerprint density at radius 1 is 1.44 bits per heavy atom. The van der Waals surface area contributed by atoms with E-state index in [0.717, 1.165) is 12.8 Å². The van der Waals surface area contributed by atoms with E-state index in [4.69, 9.17) is 0 Å². The third-order valence-corrected chi connectivity index (χ3v) is 3.47. The second-order valence-corrected chi connectivity index (χ2v) is 4.78. The minimum atomic E-state index is -0.487. The average Bonchev–Trinajstić information content (AvgIpc) is 2.33. The van der Waals surface area contributed by atoms with Crippen molar-refractivity contribution in [3.63, 3.8) is 0 Å². The Morgan fingerprint density at radius 2 is 2.06 bits per heavy atom. The van der Waals surface area contributed by atoms with Gasteiger partial charge in [0.25, 0.3) is 5.69 Å². The standard InChI is InChI=1S/C12H15BrN2O3/c1-3-8(4-2)12(16)14-11-7-9(15(17)18)5-6-10(11)13/h5-8H,3-4H2,1-2H3,(H,14,16). The molecule has 0 aromatic heterocycles. The molecule has 0 radical (unpaired) electrons. The minimum absolute atomic E-state index is 0.0435. The van der Waals surface area contributed by atoms with Gasteiger partial charge in [-0.25, -0.2) is 0 Å². The van der Waals surface area contributed by atoms with Gasteiger partial charge < -0.3 is 5.32 Å². The maximum atomic E-state index is 11.9. The molecule has 5 nitrogen and oxygen atoms in total. The number of anilines is 1. The van der Waals surface area contributed by atoms with Crippen molar-refractivity contribution in [1.82, 2.24) is 0 Å². The second kappa shape index (κ2) is 6.49. The zero-order valence-electron chi connectivity index (χ0n) is 10.3. The summed E-state index contributed by atoms with van der Waals surface area (Å²) in [6.07, 6.45) is 1.49. The van der Waals surface area contributed by atoms with Crippen LogP contribution in [0.15, 0.2) is 22.7 Å². The molecule has 0 fully saturated rings. The van der Waals surface area contributed by atoms with Gasteiger partial charge >= 0.3 is 0 Å². The predicted octanol–water partition coefficient (Wildman–Crippen LogP) is 3.73. The molecule has 0 spiro atoms. The summed E-state index contributed by atoms with van der Waals surface area (Å²) >= 11 is 3.26. The Morgan fingerprint density at radius 3 is 2.56 bits per heavy atom. The number of nitro groups is 1. The highest BCUT2D eigenvalue weighted by molar-refractivity contribution is 9.10. The van der Waals surface area contributed by atoms with Crippen LogP contribution >= 0.6 is 15.9 Å². The third kappa shape index (κ3) is 3.53. The van der Waals surface area contributed by atoms with Crippen molar-refractivity contribution >= 4 is 33.2 Å². The molecule has 0 aliphatic rings. The maximum Gasteiger partial charge on any atom is 0.271 e. The van der Waals surface area contributed by atoms with E-state index in [0.29, 0.717) is 10.2 Å². The number of nitro benzene ring substituents is 1. The fourth-order valence-electron chi connectivity index (χ4n) is 1.62. The molecule has 1 N–H and O–H groups in total. The van der Waals surface area contributed by atoms with Crippen LogP contribution in [0.1, 0.15) is 26.7 Å². The lowest BCUT2D eigenvalue weighted by molar-refractivity contribution is -0.384. The van der Waals surface area contributed by atoms with Gasteiger partial charge in [0, 0.05) is 22.5 Å². The number of hydrogen-bond donors (Lipinski definition) is 1. The van der Waals surface area contributed by atoms with E-state index in [9.17, 15) is 14.9 Å². The quantitative estimate of drug-likeness (QED) is 0.664. The van der Waals surface area contributed by atoms with Crippen LogP contribution in [0.5, 0.6) is 0 Å². The Kier molecular flexibility index (Phi) is 5.27.